The van der Waals surface area contributed by atoms with Crippen LogP contribution in [0.3, 0.4) is 0 Å². The molecule has 3 rings (SSSR count). The lowest BCUT2D eigenvalue weighted by molar-refractivity contribution is -0.140. The van der Waals surface area contributed by atoms with Crippen LogP contribution in [0.4, 0.5) is 5.69 Å². The largest absolute Gasteiger partial charge is 0.497 e. The van der Waals surface area contributed by atoms with Crippen LogP contribution in [0.2, 0.25) is 0 Å². The molecule has 0 fully saturated rings. The molecule has 8 nitrogen and oxygen atoms in total. The van der Waals surface area contributed by atoms with E-state index in [0.717, 1.165) is 15.4 Å². The highest BCUT2D eigenvalue weighted by atomic mass is 79.9. The molecule has 1 N–H and O–H groups in total. The van der Waals surface area contributed by atoms with Crippen molar-refractivity contribution in [3.8, 4) is 5.75 Å². The number of nitrogens with zero attached hydrogens (tertiary/aromatic N) is 2. The molecule has 3 aromatic carbocycles. The monoisotopic (exact) mass is 629 g/mol. The van der Waals surface area contributed by atoms with E-state index in [1.165, 1.54) is 17.0 Å². The number of methoxy groups -OCH3 is 1. The number of aryl methyl sites for hydroxylation is 1. The van der Waals surface area contributed by atoms with E-state index in [4.69, 9.17) is 4.74 Å². The summed E-state index contributed by atoms with van der Waals surface area (Å²) in [7, 11) is -2.58. The van der Waals surface area contributed by atoms with Crippen molar-refractivity contribution in [1.82, 2.24) is 10.2 Å². The fourth-order valence-electron chi connectivity index (χ4n) is 4.02. The number of rotatable bonds is 10. The van der Waals surface area contributed by atoms with Gasteiger partial charge in [0.1, 0.15) is 18.3 Å². The average molecular weight is 631 g/mol. The molecule has 214 valence electrons. The van der Waals surface area contributed by atoms with E-state index in [0.29, 0.717) is 15.9 Å². The van der Waals surface area contributed by atoms with Crippen LogP contribution in [-0.4, -0.2) is 50.4 Å². The van der Waals surface area contributed by atoms with Gasteiger partial charge in [0.05, 0.1) is 17.7 Å². The first-order valence-electron chi connectivity index (χ1n) is 12.8. The minimum atomic E-state index is -4.13. The number of anilines is 1. The fraction of sp³-hybridized carbons (Fsp3) is 0.333. The molecule has 0 radical (unpaired) electrons. The molecular weight excluding hydrogens is 594 g/mol. The zero-order valence-corrected chi connectivity index (χ0v) is 26.0. The summed E-state index contributed by atoms with van der Waals surface area (Å²) in [5.74, 6) is -0.274. The van der Waals surface area contributed by atoms with E-state index in [1.807, 2.05) is 33.8 Å². The molecule has 1 atom stereocenters. The Kier molecular flexibility index (Phi) is 10.0. The van der Waals surface area contributed by atoms with Gasteiger partial charge in [0, 0.05) is 16.6 Å². The minimum Gasteiger partial charge on any atom is -0.497 e. The highest BCUT2D eigenvalue weighted by Gasteiger charge is 2.33. The molecule has 0 aliphatic rings. The van der Waals surface area contributed by atoms with Crippen LogP contribution in [-0.2, 0) is 26.2 Å². The number of hydrogen-bond donors (Lipinski definition) is 1. The lowest BCUT2D eigenvalue weighted by atomic mass is 10.1. The van der Waals surface area contributed by atoms with Gasteiger partial charge in [0.2, 0.25) is 11.8 Å². The highest BCUT2D eigenvalue weighted by Crippen LogP contribution is 2.27. The van der Waals surface area contributed by atoms with Gasteiger partial charge in [-0.3, -0.25) is 13.9 Å². The molecule has 0 saturated heterocycles. The van der Waals surface area contributed by atoms with Crippen LogP contribution >= 0.6 is 15.9 Å². The van der Waals surface area contributed by atoms with Crippen molar-refractivity contribution >= 4 is 43.5 Å². The summed E-state index contributed by atoms with van der Waals surface area (Å²) in [4.78, 5) is 28.7. The topological polar surface area (TPSA) is 96.0 Å². The second kappa shape index (κ2) is 12.9. The van der Waals surface area contributed by atoms with Gasteiger partial charge in [-0.25, -0.2) is 8.42 Å². The number of amides is 2. The standard InChI is InChI=1S/C30H36BrN3O5S/c1-21-13-15-27(16-14-21)40(37,38)34(25-11-8-10-24(31)18-25)20-28(35)33(22(2)29(36)32-30(3,4)5)19-23-9-7-12-26(17-23)39-6/h7-18,22H,19-20H2,1-6H3,(H,32,36)/t22-/m0/s1. The Morgan fingerprint density at radius 2 is 1.65 bits per heavy atom. The van der Waals surface area contributed by atoms with E-state index >= 15 is 0 Å². The second-order valence-corrected chi connectivity index (χ2v) is 13.4. The molecule has 2 amide bonds. The van der Waals surface area contributed by atoms with Crippen molar-refractivity contribution in [3.63, 3.8) is 0 Å². The second-order valence-electron chi connectivity index (χ2n) is 10.6. The summed E-state index contributed by atoms with van der Waals surface area (Å²) in [5.41, 5.74) is 1.44. The Hall–Kier alpha value is -3.37. The van der Waals surface area contributed by atoms with Gasteiger partial charge in [0.15, 0.2) is 0 Å². The van der Waals surface area contributed by atoms with Crippen LogP contribution in [0.25, 0.3) is 0 Å². The molecular formula is C30H36BrN3O5S. The number of halogens is 1. The molecule has 0 saturated carbocycles. The smallest absolute Gasteiger partial charge is 0.264 e. The number of hydrogen-bond acceptors (Lipinski definition) is 5. The summed E-state index contributed by atoms with van der Waals surface area (Å²) in [6, 6.07) is 19.5. The Labute approximate surface area is 245 Å². The van der Waals surface area contributed by atoms with Gasteiger partial charge in [-0.05, 0) is 82.6 Å². The summed E-state index contributed by atoms with van der Waals surface area (Å²) >= 11 is 3.40. The zero-order chi connectivity index (χ0) is 29.7. The van der Waals surface area contributed by atoms with E-state index in [1.54, 1.807) is 68.6 Å². The van der Waals surface area contributed by atoms with E-state index < -0.39 is 34.1 Å². The summed E-state index contributed by atoms with van der Waals surface area (Å²) in [6.07, 6.45) is 0. The quantitative estimate of drug-likeness (QED) is 0.329. The van der Waals surface area contributed by atoms with Crippen molar-refractivity contribution in [2.24, 2.45) is 0 Å². The highest BCUT2D eigenvalue weighted by molar-refractivity contribution is 9.10. The summed E-state index contributed by atoms with van der Waals surface area (Å²) in [6.45, 7) is 8.64. The number of carbonyl (C=O) groups excluding carboxylic acids is 2. The van der Waals surface area contributed by atoms with Crippen molar-refractivity contribution in [1.29, 1.82) is 0 Å². The van der Waals surface area contributed by atoms with Crippen LogP contribution in [0.1, 0.15) is 38.8 Å². The number of benzene rings is 3. The van der Waals surface area contributed by atoms with Crippen LogP contribution in [0.5, 0.6) is 5.75 Å². The molecule has 0 bridgehead atoms. The number of carbonyl (C=O) groups is 2. The molecule has 0 aliphatic heterocycles. The van der Waals surface area contributed by atoms with Crippen LogP contribution < -0.4 is 14.4 Å². The van der Waals surface area contributed by atoms with Gasteiger partial charge in [-0.15, -0.1) is 0 Å². The molecule has 0 spiro atoms. The van der Waals surface area contributed by atoms with Gasteiger partial charge >= 0.3 is 0 Å². The van der Waals surface area contributed by atoms with E-state index in [2.05, 4.69) is 21.2 Å². The third-order valence-corrected chi connectivity index (χ3v) is 8.42. The molecule has 0 heterocycles. The maximum absolute atomic E-state index is 14.0. The maximum atomic E-state index is 14.0. The predicted molar refractivity (Wildman–Crippen MR) is 161 cm³/mol. The van der Waals surface area contributed by atoms with Crippen molar-refractivity contribution in [2.75, 3.05) is 18.0 Å². The molecule has 0 aliphatic carbocycles. The molecule has 0 aromatic heterocycles. The lowest BCUT2D eigenvalue weighted by Gasteiger charge is -2.33. The predicted octanol–water partition coefficient (Wildman–Crippen LogP) is 5.29. The zero-order valence-electron chi connectivity index (χ0n) is 23.6. The lowest BCUT2D eigenvalue weighted by Crippen LogP contribution is -2.54. The van der Waals surface area contributed by atoms with Crippen LogP contribution in [0, 0.1) is 6.92 Å². The molecule has 0 unspecified atom stereocenters. The fourth-order valence-corrected chi connectivity index (χ4v) is 5.81. The first-order chi connectivity index (χ1) is 18.7. The van der Waals surface area contributed by atoms with Gasteiger partial charge in [0.25, 0.3) is 10.0 Å². The maximum Gasteiger partial charge on any atom is 0.264 e. The number of nitrogens with one attached hydrogen (secondary N) is 1. The molecule has 10 heteroatoms. The van der Waals surface area contributed by atoms with Gasteiger partial charge < -0.3 is 15.0 Å². The van der Waals surface area contributed by atoms with Crippen molar-refractivity contribution in [2.45, 2.75) is 57.6 Å². The molecule has 3 aromatic rings. The normalized spacial score (nSPS) is 12.4. The Balaban J connectivity index is 2.05. The third kappa shape index (κ3) is 8.08. The Morgan fingerprint density at radius 3 is 2.25 bits per heavy atom. The number of sulfonamides is 1. The van der Waals surface area contributed by atoms with Gasteiger partial charge in [-0.2, -0.15) is 0 Å². The van der Waals surface area contributed by atoms with Gasteiger partial charge in [-0.1, -0.05) is 51.8 Å². The van der Waals surface area contributed by atoms with E-state index in [-0.39, 0.29) is 17.3 Å². The SMILES string of the molecule is COc1cccc(CN(C(=O)CN(c2cccc(Br)c2)S(=O)(=O)c2ccc(C)cc2)[C@@H](C)C(=O)NC(C)(C)C)c1. The Bertz CT molecular complexity index is 1450. The number of ether oxygens (including phenoxy) is 1. The summed E-state index contributed by atoms with van der Waals surface area (Å²) < 4.78 is 34.9. The van der Waals surface area contributed by atoms with Crippen LogP contribution in [0.15, 0.2) is 82.2 Å². The first-order valence-corrected chi connectivity index (χ1v) is 15.0. The minimum absolute atomic E-state index is 0.0590. The molecule has 40 heavy (non-hydrogen) atoms. The average Bonchev–Trinajstić information content (AvgIpc) is 2.89. The van der Waals surface area contributed by atoms with Crippen molar-refractivity contribution in [3.05, 3.63) is 88.4 Å². The third-order valence-electron chi connectivity index (χ3n) is 6.14. The van der Waals surface area contributed by atoms with Crippen molar-refractivity contribution < 1.29 is 22.7 Å². The first kappa shape index (κ1) is 31.2. The Morgan fingerprint density at radius 1 is 1.00 bits per heavy atom. The van der Waals surface area contributed by atoms with E-state index in [9.17, 15) is 18.0 Å². The summed E-state index contributed by atoms with van der Waals surface area (Å²) in [5, 5.41) is 2.92.